The average molecular weight is 188 g/mol. The Kier molecular flexibility index (Phi) is 2.08. The number of ether oxygens (including phenoxy) is 1. The predicted molar refractivity (Wildman–Crippen MR) is 55.6 cm³/mol. The van der Waals surface area contributed by atoms with Gasteiger partial charge in [-0.1, -0.05) is 12.1 Å². The van der Waals surface area contributed by atoms with Gasteiger partial charge in [0.1, 0.15) is 17.1 Å². The summed E-state index contributed by atoms with van der Waals surface area (Å²) in [6.07, 6.45) is 1.82. The topological polar surface area (TPSA) is 35.0 Å². The third-order valence-corrected chi connectivity index (χ3v) is 2.23. The summed E-state index contributed by atoms with van der Waals surface area (Å²) in [7, 11) is 1.67. The van der Waals surface area contributed by atoms with Crippen LogP contribution in [0.3, 0.4) is 0 Å². The van der Waals surface area contributed by atoms with Crippen LogP contribution in [0, 0.1) is 13.8 Å². The van der Waals surface area contributed by atoms with Crippen LogP contribution < -0.4 is 4.74 Å². The molecule has 2 rings (SSSR count). The molecule has 72 valence electrons. The van der Waals surface area contributed by atoms with E-state index in [1.54, 1.807) is 7.11 Å². The molecule has 2 aromatic rings. The van der Waals surface area contributed by atoms with Gasteiger partial charge in [-0.25, -0.2) is 9.97 Å². The molecule has 0 aliphatic rings. The van der Waals surface area contributed by atoms with Crippen LogP contribution in [0.15, 0.2) is 18.3 Å². The molecule has 3 nitrogen and oxygen atoms in total. The molecule has 1 aromatic carbocycles. The Morgan fingerprint density at radius 3 is 2.71 bits per heavy atom. The van der Waals surface area contributed by atoms with E-state index in [-0.39, 0.29) is 0 Å². The summed E-state index contributed by atoms with van der Waals surface area (Å²) in [5, 5.41) is 1.01. The first-order valence-electron chi connectivity index (χ1n) is 4.49. The van der Waals surface area contributed by atoms with Crippen molar-refractivity contribution in [1.29, 1.82) is 0 Å². The molecular formula is C11H12N2O. The fourth-order valence-corrected chi connectivity index (χ4v) is 1.52. The number of aromatic nitrogens is 2. The van der Waals surface area contributed by atoms with Crippen LogP contribution in [0.5, 0.6) is 5.75 Å². The fourth-order valence-electron chi connectivity index (χ4n) is 1.52. The van der Waals surface area contributed by atoms with Gasteiger partial charge in [-0.3, -0.25) is 0 Å². The summed E-state index contributed by atoms with van der Waals surface area (Å²) in [6, 6.07) is 4.02. The third-order valence-electron chi connectivity index (χ3n) is 2.23. The number of hydrogen-bond acceptors (Lipinski definition) is 3. The Bertz CT molecular complexity index is 475. The summed E-state index contributed by atoms with van der Waals surface area (Å²) in [5.74, 6) is 1.61. The number of fused-ring (bicyclic) bond motifs is 1. The van der Waals surface area contributed by atoms with E-state index in [1.165, 1.54) is 0 Å². The van der Waals surface area contributed by atoms with Gasteiger partial charge in [0.15, 0.2) is 0 Å². The first-order valence-corrected chi connectivity index (χ1v) is 4.49. The number of benzene rings is 1. The van der Waals surface area contributed by atoms with Crippen molar-refractivity contribution < 1.29 is 4.74 Å². The van der Waals surface area contributed by atoms with E-state index < -0.39 is 0 Å². The highest BCUT2D eigenvalue weighted by atomic mass is 16.5. The average Bonchev–Trinajstić information content (AvgIpc) is 2.17. The van der Waals surface area contributed by atoms with Gasteiger partial charge in [0.2, 0.25) is 0 Å². The Hall–Kier alpha value is -1.64. The Morgan fingerprint density at radius 1 is 1.21 bits per heavy atom. The van der Waals surface area contributed by atoms with Gasteiger partial charge in [0, 0.05) is 11.6 Å². The number of rotatable bonds is 1. The molecule has 0 aliphatic carbocycles. The SMILES string of the molecule is COc1c(C)ccc2cnc(C)nc12. The summed E-state index contributed by atoms with van der Waals surface area (Å²) in [5.41, 5.74) is 1.98. The highest BCUT2D eigenvalue weighted by Crippen LogP contribution is 2.26. The smallest absolute Gasteiger partial charge is 0.148 e. The second-order valence-electron chi connectivity index (χ2n) is 3.27. The molecule has 0 amide bonds. The normalized spacial score (nSPS) is 10.5. The van der Waals surface area contributed by atoms with E-state index in [2.05, 4.69) is 9.97 Å². The van der Waals surface area contributed by atoms with Crippen molar-refractivity contribution in [2.45, 2.75) is 13.8 Å². The zero-order valence-corrected chi connectivity index (χ0v) is 8.53. The van der Waals surface area contributed by atoms with Gasteiger partial charge in [-0.15, -0.1) is 0 Å². The van der Waals surface area contributed by atoms with Gasteiger partial charge in [-0.05, 0) is 19.4 Å². The lowest BCUT2D eigenvalue weighted by Gasteiger charge is -2.07. The maximum atomic E-state index is 5.32. The maximum absolute atomic E-state index is 5.32. The minimum Gasteiger partial charge on any atom is -0.494 e. The zero-order valence-electron chi connectivity index (χ0n) is 8.53. The quantitative estimate of drug-likeness (QED) is 0.688. The lowest BCUT2D eigenvalue weighted by molar-refractivity contribution is 0.415. The molecule has 1 heterocycles. The molecule has 0 radical (unpaired) electrons. The summed E-state index contributed by atoms with van der Waals surface area (Å²) in [6.45, 7) is 3.89. The molecule has 0 N–H and O–H groups in total. The lowest BCUT2D eigenvalue weighted by Crippen LogP contribution is -1.94. The first-order chi connectivity index (χ1) is 6.72. The number of aryl methyl sites for hydroxylation is 2. The maximum Gasteiger partial charge on any atom is 0.148 e. The van der Waals surface area contributed by atoms with E-state index in [1.807, 2.05) is 32.2 Å². The van der Waals surface area contributed by atoms with E-state index in [0.29, 0.717) is 0 Å². The van der Waals surface area contributed by atoms with Crippen LogP contribution in [0.2, 0.25) is 0 Å². The van der Waals surface area contributed by atoms with Gasteiger partial charge in [0.25, 0.3) is 0 Å². The molecule has 0 bridgehead atoms. The molecule has 1 aromatic heterocycles. The van der Waals surface area contributed by atoms with E-state index >= 15 is 0 Å². The molecule has 3 heteroatoms. The minimum absolute atomic E-state index is 0.765. The van der Waals surface area contributed by atoms with Crippen LogP contribution in [0.4, 0.5) is 0 Å². The van der Waals surface area contributed by atoms with Crippen LogP contribution in [-0.4, -0.2) is 17.1 Å². The molecule has 0 saturated carbocycles. The minimum atomic E-state index is 0.765. The van der Waals surface area contributed by atoms with Crippen molar-refractivity contribution in [2.24, 2.45) is 0 Å². The second kappa shape index (κ2) is 3.25. The van der Waals surface area contributed by atoms with Crippen molar-refractivity contribution in [2.75, 3.05) is 7.11 Å². The van der Waals surface area contributed by atoms with Crippen LogP contribution in [0.1, 0.15) is 11.4 Å². The molecule has 0 saturated heterocycles. The molecule has 0 fully saturated rings. The van der Waals surface area contributed by atoms with Gasteiger partial charge in [-0.2, -0.15) is 0 Å². The van der Waals surface area contributed by atoms with Crippen molar-refractivity contribution in [3.63, 3.8) is 0 Å². The first kappa shape index (κ1) is 8.94. The number of nitrogens with zero attached hydrogens (tertiary/aromatic N) is 2. The van der Waals surface area contributed by atoms with Crippen LogP contribution in [0.25, 0.3) is 10.9 Å². The summed E-state index contributed by atoms with van der Waals surface area (Å²) in [4.78, 5) is 8.52. The Morgan fingerprint density at radius 2 is 2.00 bits per heavy atom. The van der Waals surface area contributed by atoms with Crippen molar-refractivity contribution in [3.8, 4) is 5.75 Å². The van der Waals surface area contributed by atoms with Crippen LogP contribution >= 0.6 is 0 Å². The van der Waals surface area contributed by atoms with Crippen LogP contribution in [-0.2, 0) is 0 Å². The highest BCUT2D eigenvalue weighted by Gasteiger charge is 2.06. The predicted octanol–water partition coefficient (Wildman–Crippen LogP) is 2.26. The van der Waals surface area contributed by atoms with Crippen molar-refractivity contribution in [3.05, 3.63) is 29.7 Å². The van der Waals surface area contributed by atoms with Gasteiger partial charge >= 0.3 is 0 Å². The molecule has 0 spiro atoms. The monoisotopic (exact) mass is 188 g/mol. The highest BCUT2D eigenvalue weighted by molar-refractivity contribution is 5.85. The van der Waals surface area contributed by atoms with Gasteiger partial charge < -0.3 is 4.74 Å². The van der Waals surface area contributed by atoms with Gasteiger partial charge in [0.05, 0.1) is 7.11 Å². The standard InChI is InChI=1S/C11H12N2O/c1-7-4-5-9-6-12-8(2)13-10(9)11(7)14-3/h4-6H,1-3H3. The summed E-state index contributed by atoms with van der Waals surface area (Å²) >= 11 is 0. The molecule has 0 aliphatic heterocycles. The fraction of sp³-hybridized carbons (Fsp3) is 0.273. The Balaban J connectivity index is 2.84. The number of hydrogen-bond donors (Lipinski definition) is 0. The summed E-state index contributed by atoms with van der Waals surface area (Å²) < 4.78 is 5.32. The van der Waals surface area contributed by atoms with E-state index in [4.69, 9.17) is 4.74 Å². The third kappa shape index (κ3) is 1.31. The number of methoxy groups -OCH3 is 1. The largest absolute Gasteiger partial charge is 0.494 e. The zero-order chi connectivity index (χ0) is 10.1. The van der Waals surface area contributed by atoms with E-state index in [0.717, 1.165) is 28.0 Å². The molecule has 0 atom stereocenters. The second-order valence-corrected chi connectivity index (χ2v) is 3.27. The molecule has 0 unspecified atom stereocenters. The van der Waals surface area contributed by atoms with E-state index in [9.17, 15) is 0 Å². The van der Waals surface area contributed by atoms with Crippen molar-refractivity contribution >= 4 is 10.9 Å². The Labute approximate surface area is 82.8 Å². The van der Waals surface area contributed by atoms with Crippen molar-refractivity contribution in [1.82, 2.24) is 9.97 Å². The molecule has 14 heavy (non-hydrogen) atoms. The molecular weight excluding hydrogens is 176 g/mol. The lowest BCUT2D eigenvalue weighted by atomic mass is 10.1.